The lowest BCUT2D eigenvalue weighted by atomic mass is 10.0. The van der Waals surface area contributed by atoms with E-state index in [0.717, 1.165) is 4.90 Å². The summed E-state index contributed by atoms with van der Waals surface area (Å²) in [5.41, 5.74) is 0.339. The molecule has 0 saturated carbocycles. The maximum Gasteiger partial charge on any atom is 0.328 e. The molecule has 164 valence electrons. The third kappa shape index (κ3) is 4.31. The SMILES string of the molecule is CN(C)CC(=O)NC(CN1C(=O)CCC(N2C(=O)c3ccccc3C2=O)C1=O)C(=O)O. The number of likely N-dealkylation sites (N-methyl/N-ethyl adjacent to an activating group) is 1. The molecule has 2 atom stereocenters. The van der Waals surface area contributed by atoms with Gasteiger partial charge in [-0.1, -0.05) is 12.1 Å². The van der Waals surface area contributed by atoms with Gasteiger partial charge in [-0.25, -0.2) is 4.79 Å². The minimum Gasteiger partial charge on any atom is -0.480 e. The molecule has 1 aromatic rings. The summed E-state index contributed by atoms with van der Waals surface area (Å²) in [4.78, 5) is 77.4. The first-order chi connectivity index (χ1) is 14.6. The Morgan fingerprint density at radius 2 is 1.71 bits per heavy atom. The van der Waals surface area contributed by atoms with Gasteiger partial charge >= 0.3 is 5.97 Å². The van der Waals surface area contributed by atoms with Crippen LogP contribution in [0.4, 0.5) is 0 Å². The number of benzene rings is 1. The van der Waals surface area contributed by atoms with Crippen molar-refractivity contribution in [1.29, 1.82) is 0 Å². The number of rotatable bonds is 7. The van der Waals surface area contributed by atoms with Crippen LogP contribution in [0.5, 0.6) is 0 Å². The van der Waals surface area contributed by atoms with Crippen molar-refractivity contribution in [1.82, 2.24) is 20.0 Å². The molecule has 5 amide bonds. The van der Waals surface area contributed by atoms with Crippen molar-refractivity contribution in [2.75, 3.05) is 27.2 Å². The Bertz CT molecular complexity index is 939. The number of amides is 5. The fourth-order valence-electron chi connectivity index (χ4n) is 3.64. The first-order valence-electron chi connectivity index (χ1n) is 9.59. The van der Waals surface area contributed by atoms with Gasteiger partial charge < -0.3 is 15.3 Å². The van der Waals surface area contributed by atoms with Crippen molar-refractivity contribution in [2.24, 2.45) is 0 Å². The monoisotopic (exact) mass is 430 g/mol. The van der Waals surface area contributed by atoms with Crippen LogP contribution in [0.15, 0.2) is 24.3 Å². The van der Waals surface area contributed by atoms with E-state index in [1.54, 1.807) is 26.2 Å². The molecule has 2 N–H and O–H groups in total. The van der Waals surface area contributed by atoms with Crippen LogP contribution in [-0.2, 0) is 19.2 Å². The van der Waals surface area contributed by atoms with Crippen molar-refractivity contribution < 1.29 is 33.9 Å². The van der Waals surface area contributed by atoms with Crippen LogP contribution in [0, 0.1) is 0 Å². The zero-order chi connectivity index (χ0) is 22.9. The highest BCUT2D eigenvalue weighted by atomic mass is 16.4. The van der Waals surface area contributed by atoms with Crippen molar-refractivity contribution in [3.63, 3.8) is 0 Å². The Hall–Kier alpha value is -3.60. The average molecular weight is 430 g/mol. The third-order valence-electron chi connectivity index (χ3n) is 5.08. The summed E-state index contributed by atoms with van der Waals surface area (Å²) >= 11 is 0. The zero-order valence-corrected chi connectivity index (χ0v) is 17.0. The molecule has 2 aliphatic heterocycles. The first kappa shape index (κ1) is 22.1. The van der Waals surface area contributed by atoms with Gasteiger partial charge in [-0.3, -0.25) is 33.8 Å². The van der Waals surface area contributed by atoms with E-state index in [4.69, 9.17) is 0 Å². The second-order valence-corrected chi connectivity index (χ2v) is 7.62. The molecule has 0 aromatic heterocycles. The molecule has 3 rings (SSSR count). The van der Waals surface area contributed by atoms with E-state index in [0.29, 0.717) is 4.90 Å². The van der Waals surface area contributed by atoms with Crippen LogP contribution in [0.1, 0.15) is 33.6 Å². The molecule has 11 nitrogen and oxygen atoms in total. The summed E-state index contributed by atoms with van der Waals surface area (Å²) in [7, 11) is 3.25. The molecule has 0 spiro atoms. The standard InChI is InChI=1S/C20H22N4O7/c1-22(2)10-15(25)21-13(20(30)31)9-23-16(26)8-7-14(19(23)29)24-17(27)11-5-3-4-6-12(11)18(24)28/h3-6,13-14H,7-10H2,1-2H3,(H,21,25)(H,30,31). The second kappa shape index (κ2) is 8.64. The fourth-order valence-corrected chi connectivity index (χ4v) is 3.64. The molecule has 1 fully saturated rings. The van der Waals surface area contributed by atoms with Crippen molar-refractivity contribution >= 4 is 35.5 Å². The Kier molecular flexibility index (Phi) is 6.16. The van der Waals surface area contributed by atoms with E-state index < -0.39 is 54.1 Å². The lowest BCUT2D eigenvalue weighted by Gasteiger charge is -2.35. The van der Waals surface area contributed by atoms with Crippen LogP contribution in [0.3, 0.4) is 0 Å². The van der Waals surface area contributed by atoms with Crippen LogP contribution >= 0.6 is 0 Å². The van der Waals surface area contributed by atoms with Gasteiger partial charge in [0.25, 0.3) is 17.7 Å². The van der Waals surface area contributed by atoms with Gasteiger partial charge in [0.15, 0.2) is 0 Å². The zero-order valence-electron chi connectivity index (χ0n) is 17.0. The molecule has 11 heteroatoms. The molecule has 0 radical (unpaired) electrons. The predicted molar refractivity (Wildman–Crippen MR) is 105 cm³/mol. The van der Waals surface area contributed by atoms with Gasteiger partial charge in [0.05, 0.1) is 24.2 Å². The number of aliphatic carboxylic acids is 1. The number of carbonyl (C=O) groups excluding carboxylic acids is 5. The van der Waals surface area contributed by atoms with Crippen LogP contribution in [-0.4, -0.2) is 94.6 Å². The topological polar surface area (TPSA) is 144 Å². The average Bonchev–Trinajstić information content (AvgIpc) is 2.95. The smallest absolute Gasteiger partial charge is 0.328 e. The minimum atomic E-state index is -1.53. The van der Waals surface area contributed by atoms with E-state index in [1.165, 1.54) is 17.0 Å². The summed E-state index contributed by atoms with van der Waals surface area (Å²) in [6.45, 7) is -0.685. The first-order valence-corrected chi connectivity index (χ1v) is 9.59. The van der Waals surface area contributed by atoms with E-state index >= 15 is 0 Å². The Labute approximate surface area is 177 Å². The fraction of sp³-hybridized carbons (Fsp3) is 0.400. The van der Waals surface area contributed by atoms with Crippen LogP contribution < -0.4 is 5.32 Å². The number of imide groups is 2. The number of carbonyl (C=O) groups is 6. The minimum absolute atomic E-state index is 0.0512. The van der Waals surface area contributed by atoms with Crippen molar-refractivity contribution in [3.05, 3.63) is 35.4 Å². The van der Waals surface area contributed by atoms with Gasteiger partial charge in [0.1, 0.15) is 12.1 Å². The Morgan fingerprint density at radius 3 is 2.23 bits per heavy atom. The number of likely N-dealkylation sites (tertiary alicyclic amines) is 1. The summed E-state index contributed by atoms with van der Waals surface area (Å²) in [6, 6.07) is 3.40. The summed E-state index contributed by atoms with van der Waals surface area (Å²) in [6.07, 6.45) is -0.202. The van der Waals surface area contributed by atoms with Gasteiger partial charge in [0.2, 0.25) is 11.8 Å². The van der Waals surface area contributed by atoms with Gasteiger partial charge in [0, 0.05) is 6.42 Å². The summed E-state index contributed by atoms with van der Waals surface area (Å²) in [5.74, 6) is -4.77. The number of carboxylic acids is 1. The largest absolute Gasteiger partial charge is 0.480 e. The molecule has 2 heterocycles. The normalized spacial score (nSPS) is 19.6. The van der Waals surface area contributed by atoms with E-state index in [1.807, 2.05) is 0 Å². The van der Waals surface area contributed by atoms with Crippen LogP contribution in [0.2, 0.25) is 0 Å². The number of carboxylic acid groups (broad SMARTS) is 1. The highest BCUT2D eigenvalue weighted by Gasteiger charge is 2.47. The molecule has 1 saturated heterocycles. The number of nitrogens with zero attached hydrogens (tertiary/aromatic N) is 3. The maximum absolute atomic E-state index is 13.0. The van der Waals surface area contributed by atoms with Crippen molar-refractivity contribution in [2.45, 2.75) is 24.9 Å². The highest BCUT2D eigenvalue weighted by molar-refractivity contribution is 6.23. The van der Waals surface area contributed by atoms with Crippen LogP contribution in [0.25, 0.3) is 0 Å². The number of nitrogens with one attached hydrogen (secondary N) is 1. The van der Waals surface area contributed by atoms with E-state index in [9.17, 15) is 33.9 Å². The second-order valence-electron chi connectivity index (χ2n) is 7.62. The number of hydrogen-bond acceptors (Lipinski definition) is 7. The van der Waals surface area contributed by atoms with Crippen molar-refractivity contribution in [3.8, 4) is 0 Å². The van der Waals surface area contributed by atoms with Gasteiger partial charge in [-0.2, -0.15) is 0 Å². The molecule has 0 bridgehead atoms. The number of fused-ring (bicyclic) bond motifs is 1. The lowest BCUT2D eigenvalue weighted by molar-refractivity contribution is -0.154. The lowest BCUT2D eigenvalue weighted by Crippen LogP contribution is -2.60. The molecule has 2 aliphatic rings. The summed E-state index contributed by atoms with van der Waals surface area (Å²) < 4.78 is 0. The van der Waals surface area contributed by atoms with Gasteiger partial charge in [-0.15, -0.1) is 0 Å². The summed E-state index contributed by atoms with van der Waals surface area (Å²) in [5, 5.41) is 11.7. The number of hydrogen-bond donors (Lipinski definition) is 2. The molecular weight excluding hydrogens is 408 g/mol. The van der Waals surface area contributed by atoms with Gasteiger partial charge in [-0.05, 0) is 32.6 Å². The highest BCUT2D eigenvalue weighted by Crippen LogP contribution is 2.29. The molecule has 1 aromatic carbocycles. The maximum atomic E-state index is 13.0. The number of piperidine rings is 1. The third-order valence-corrected chi connectivity index (χ3v) is 5.08. The van der Waals surface area contributed by atoms with E-state index in [2.05, 4.69) is 5.32 Å². The van der Waals surface area contributed by atoms with E-state index in [-0.39, 0.29) is 30.5 Å². The quantitative estimate of drug-likeness (QED) is 0.521. The predicted octanol–water partition coefficient (Wildman–Crippen LogP) is -1.07. The molecular formula is C20H22N4O7. The molecule has 2 unspecified atom stereocenters. The Balaban J connectivity index is 1.79. The molecule has 31 heavy (non-hydrogen) atoms. The molecule has 0 aliphatic carbocycles. The Morgan fingerprint density at radius 1 is 1.13 bits per heavy atom.